The van der Waals surface area contributed by atoms with E-state index in [9.17, 15) is 9.59 Å². The van der Waals surface area contributed by atoms with E-state index in [1.165, 1.54) is 16.7 Å². The smallest absolute Gasteiger partial charge is 0.241 e. The van der Waals surface area contributed by atoms with E-state index in [-0.39, 0.29) is 24.1 Å². The van der Waals surface area contributed by atoms with E-state index >= 15 is 0 Å². The van der Waals surface area contributed by atoms with Crippen molar-refractivity contribution >= 4 is 23.6 Å². The summed E-state index contributed by atoms with van der Waals surface area (Å²) in [5.74, 6) is 0.462. The van der Waals surface area contributed by atoms with E-state index < -0.39 is 0 Å². The molecule has 9 heteroatoms. The van der Waals surface area contributed by atoms with Gasteiger partial charge >= 0.3 is 0 Å². The number of benzene rings is 1. The zero-order valence-corrected chi connectivity index (χ0v) is 14.5. The number of nitrogens with zero attached hydrogens (tertiary/aromatic N) is 4. The minimum atomic E-state index is -0.240. The standard InChI is InChI=1S/C15H19N5O3S/c1-19(2)14(22)8-16-13(21)9-24-15-18-17-10-20(15)11-5-4-6-12(7-11)23-3/h4-7,10H,8-9H2,1-3H3,(H,16,21). The fourth-order valence-corrected chi connectivity index (χ4v) is 2.53. The summed E-state index contributed by atoms with van der Waals surface area (Å²) < 4.78 is 6.97. The quantitative estimate of drug-likeness (QED) is 0.735. The van der Waals surface area contributed by atoms with Crippen molar-refractivity contribution < 1.29 is 14.3 Å². The van der Waals surface area contributed by atoms with Crippen LogP contribution in [0.3, 0.4) is 0 Å². The molecule has 24 heavy (non-hydrogen) atoms. The number of rotatable bonds is 7. The first-order chi connectivity index (χ1) is 11.5. The lowest BCUT2D eigenvalue weighted by atomic mass is 10.3. The van der Waals surface area contributed by atoms with Gasteiger partial charge in [-0.15, -0.1) is 10.2 Å². The van der Waals surface area contributed by atoms with Crippen LogP contribution in [0.1, 0.15) is 0 Å². The predicted octanol–water partition coefficient (Wildman–Crippen LogP) is 0.572. The third-order valence-electron chi connectivity index (χ3n) is 3.12. The first-order valence-electron chi connectivity index (χ1n) is 7.15. The predicted molar refractivity (Wildman–Crippen MR) is 90.3 cm³/mol. The average Bonchev–Trinajstić information content (AvgIpc) is 3.06. The number of aromatic nitrogens is 3. The van der Waals surface area contributed by atoms with Crippen LogP contribution in [0.2, 0.25) is 0 Å². The fraction of sp³-hybridized carbons (Fsp3) is 0.333. The molecule has 128 valence electrons. The molecule has 0 unspecified atom stereocenters. The molecule has 0 aliphatic rings. The molecular weight excluding hydrogens is 330 g/mol. The number of methoxy groups -OCH3 is 1. The summed E-state index contributed by atoms with van der Waals surface area (Å²) >= 11 is 1.24. The summed E-state index contributed by atoms with van der Waals surface area (Å²) in [6.45, 7) is -0.0189. The highest BCUT2D eigenvalue weighted by Crippen LogP contribution is 2.22. The highest BCUT2D eigenvalue weighted by molar-refractivity contribution is 7.99. The second kappa shape index (κ2) is 8.34. The number of hydrogen-bond donors (Lipinski definition) is 1. The topological polar surface area (TPSA) is 89.3 Å². The van der Waals surface area contributed by atoms with E-state index in [0.717, 1.165) is 11.4 Å². The van der Waals surface area contributed by atoms with Crippen molar-refractivity contribution in [3.8, 4) is 11.4 Å². The van der Waals surface area contributed by atoms with Crippen LogP contribution in [0.4, 0.5) is 0 Å². The Labute approximate surface area is 144 Å². The van der Waals surface area contributed by atoms with Gasteiger partial charge < -0.3 is 15.0 Å². The lowest BCUT2D eigenvalue weighted by Crippen LogP contribution is -2.37. The molecule has 0 atom stereocenters. The Balaban J connectivity index is 1.96. The van der Waals surface area contributed by atoms with E-state index in [2.05, 4.69) is 15.5 Å². The molecule has 1 N–H and O–H groups in total. The van der Waals surface area contributed by atoms with Crippen LogP contribution in [0.15, 0.2) is 35.7 Å². The van der Waals surface area contributed by atoms with Crippen LogP contribution in [-0.2, 0) is 9.59 Å². The van der Waals surface area contributed by atoms with Crippen LogP contribution >= 0.6 is 11.8 Å². The van der Waals surface area contributed by atoms with Crippen molar-refractivity contribution in [2.24, 2.45) is 0 Å². The molecule has 0 aliphatic carbocycles. The molecule has 2 aromatic rings. The van der Waals surface area contributed by atoms with E-state index in [4.69, 9.17) is 4.74 Å². The molecule has 0 saturated carbocycles. The van der Waals surface area contributed by atoms with E-state index in [0.29, 0.717) is 5.16 Å². The van der Waals surface area contributed by atoms with Gasteiger partial charge in [-0.3, -0.25) is 14.2 Å². The third kappa shape index (κ3) is 4.72. The van der Waals surface area contributed by atoms with Gasteiger partial charge in [0.1, 0.15) is 12.1 Å². The second-order valence-electron chi connectivity index (χ2n) is 5.04. The number of carbonyl (C=O) groups excluding carboxylic acids is 2. The van der Waals surface area contributed by atoms with Gasteiger partial charge in [-0.25, -0.2) is 0 Å². The van der Waals surface area contributed by atoms with Crippen LogP contribution < -0.4 is 10.1 Å². The fourth-order valence-electron chi connectivity index (χ4n) is 1.77. The maximum Gasteiger partial charge on any atom is 0.241 e. The zero-order valence-electron chi connectivity index (χ0n) is 13.7. The molecule has 0 fully saturated rings. The Morgan fingerprint density at radius 3 is 2.88 bits per heavy atom. The van der Waals surface area contributed by atoms with E-state index in [1.54, 1.807) is 32.1 Å². The first-order valence-corrected chi connectivity index (χ1v) is 8.14. The highest BCUT2D eigenvalue weighted by Gasteiger charge is 2.12. The van der Waals surface area contributed by atoms with Gasteiger partial charge in [-0.05, 0) is 12.1 Å². The number of hydrogen-bond acceptors (Lipinski definition) is 6. The van der Waals surface area contributed by atoms with Gasteiger partial charge in [-0.2, -0.15) is 0 Å². The summed E-state index contributed by atoms with van der Waals surface area (Å²) in [6.07, 6.45) is 1.57. The van der Waals surface area contributed by atoms with Crippen molar-refractivity contribution in [3.63, 3.8) is 0 Å². The van der Waals surface area contributed by atoms with Gasteiger partial charge in [-0.1, -0.05) is 17.8 Å². The Kier molecular flexibility index (Phi) is 6.19. The summed E-state index contributed by atoms with van der Waals surface area (Å²) in [7, 11) is 4.87. The minimum Gasteiger partial charge on any atom is -0.497 e. The lowest BCUT2D eigenvalue weighted by molar-refractivity contribution is -0.130. The Bertz CT molecular complexity index is 717. The Morgan fingerprint density at radius 1 is 1.38 bits per heavy atom. The maximum absolute atomic E-state index is 11.8. The molecule has 2 rings (SSSR count). The first kappa shape index (κ1) is 17.8. The van der Waals surface area contributed by atoms with Gasteiger partial charge in [0.05, 0.1) is 25.1 Å². The van der Waals surface area contributed by atoms with Crippen molar-refractivity contribution in [1.82, 2.24) is 25.0 Å². The number of amides is 2. The molecule has 1 heterocycles. The van der Waals surface area contributed by atoms with Crippen LogP contribution in [0.25, 0.3) is 5.69 Å². The minimum absolute atomic E-state index is 0.0189. The SMILES string of the molecule is COc1cccc(-n2cnnc2SCC(=O)NCC(=O)N(C)C)c1. The normalized spacial score (nSPS) is 10.3. The van der Waals surface area contributed by atoms with Crippen LogP contribution in [-0.4, -0.2) is 65.0 Å². The molecule has 1 aromatic carbocycles. The summed E-state index contributed by atoms with van der Waals surface area (Å²) in [5, 5.41) is 11.1. The molecule has 0 radical (unpaired) electrons. The average molecular weight is 349 g/mol. The monoisotopic (exact) mass is 349 g/mol. The van der Waals surface area contributed by atoms with Gasteiger partial charge in [0.25, 0.3) is 0 Å². The summed E-state index contributed by atoms with van der Waals surface area (Å²) in [6, 6.07) is 7.45. The van der Waals surface area contributed by atoms with Crippen molar-refractivity contribution in [3.05, 3.63) is 30.6 Å². The highest BCUT2D eigenvalue weighted by atomic mass is 32.2. The van der Waals surface area contributed by atoms with Crippen LogP contribution in [0.5, 0.6) is 5.75 Å². The Morgan fingerprint density at radius 2 is 2.17 bits per heavy atom. The molecule has 0 bridgehead atoms. The number of carbonyl (C=O) groups is 2. The number of likely N-dealkylation sites (N-methyl/N-ethyl adjacent to an activating group) is 1. The third-order valence-corrected chi connectivity index (χ3v) is 4.06. The Hall–Kier alpha value is -2.55. The van der Waals surface area contributed by atoms with Crippen LogP contribution in [0, 0.1) is 0 Å². The summed E-state index contributed by atoms with van der Waals surface area (Å²) in [5.41, 5.74) is 0.838. The van der Waals surface area contributed by atoms with Gasteiger partial charge in [0, 0.05) is 20.2 Å². The molecule has 2 amide bonds. The molecular formula is C15H19N5O3S. The molecule has 8 nitrogen and oxygen atoms in total. The lowest BCUT2D eigenvalue weighted by Gasteiger charge is -2.11. The van der Waals surface area contributed by atoms with Crippen molar-refractivity contribution in [2.45, 2.75) is 5.16 Å². The summed E-state index contributed by atoms with van der Waals surface area (Å²) in [4.78, 5) is 24.7. The molecule has 1 aromatic heterocycles. The number of ether oxygens (including phenoxy) is 1. The van der Waals surface area contributed by atoms with Crippen molar-refractivity contribution in [1.29, 1.82) is 0 Å². The second-order valence-corrected chi connectivity index (χ2v) is 5.98. The molecule has 0 spiro atoms. The largest absolute Gasteiger partial charge is 0.497 e. The number of nitrogens with one attached hydrogen (secondary N) is 1. The molecule has 0 saturated heterocycles. The molecule has 0 aliphatic heterocycles. The number of thioether (sulfide) groups is 1. The van der Waals surface area contributed by atoms with Crippen molar-refractivity contribution in [2.75, 3.05) is 33.5 Å². The zero-order chi connectivity index (χ0) is 17.5. The van der Waals surface area contributed by atoms with Gasteiger partial charge in [0.15, 0.2) is 5.16 Å². The van der Waals surface area contributed by atoms with Gasteiger partial charge in [0.2, 0.25) is 11.8 Å². The maximum atomic E-state index is 11.8. The van der Waals surface area contributed by atoms with E-state index in [1.807, 2.05) is 24.3 Å².